The molecule has 0 amide bonds. The minimum Gasteiger partial charge on any atom is -0.339 e. The molecule has 1 aromatic heterocycles. The smallest absolute Gasteiger partial charge is 0.229 e. The molecule has 94 valence electrons. The molecule has 2 aromatic rings. The lowest BCUT2D eigenvalue weighted by molar-refractivity contribution is 0.375. The van der Waals surface area contributed by atoms with Gasteiger partial charge >= 0.3 is 0 Å². The highest BCUT2D eigenvalue weighted by atomic mass is 32.2. The molecule has 1 aromatic carbocycles. The van der Waals surface area contributed by atoms with Gasteiger partial charge in [-0.2, -0.15) is 4.98 Å². The highest BCUT2D eigenvalue weighted by Gasteiger charge is 2.29. The Labute approximate surface area is 107 Å². The number of thioether (sulfide) groups is 1. The summed E-state index contributed by atoms with van der Waals surface area (Å²) in [5.74, 6) is 0.519. The van der Waals surface area contributed by atoms with Crippen molar-refractivity contribution in [3.8, 4) is 0 Å². The van der Waals surface area contributed by atoms with Gasteiger partial charge in [0.2, 0.25) is 5.89 Å². The molecule has 6 heteroatoms. The second-order valence-electron chi connectivity index (χ2n) is 4.19. The van der Waals surface area contributed by atoms with Crippen LogP contribution in [0.25, 0.3) is 0 Å². The van der Waals surface area contributed by atoms with E-state index in [1.807, 2.05) is 0 Å². The van der Waals surface area contributed by atoms with Gasteiger partial charge in [0.05, 0.1) is 5.75 Å². The zero-order valence-corrected chi connectivity index (χ0v) is 10.2. The van der Waals surface area contributed by atoms with Crippen LogP contribution in [-0.2, 0) is 5.75 Å². The van der Waals surface area contributed by atoms with Crippen LogP contribution in [0.15, 0.2) is 27.6 Å². The van der Waals surface area contributed by atoms with E-state index in [1.54, 1.807) is 0 Å². The molecular formula is C12H10F2N2OS. The summed E-state index contributed by atoms with van der Waals surface area (Å²) in [7, 11) is 0. The third kappa shape index (κ3) is 2.53. The number of hydrogen-bond acceptors (Lipinski definition) is 4. The van der Waals surface area contributed by atoms with Crippen LogP contribution < -0.4 is 0 Å². The number of nitrogens with zero attached hydrogens (tertiary/aromatic N) is 2. The van der Waals surface area contributed by atoms with Gasteiger partial charge in [0.1, 0.15) is 0 Å². The monoisotopic (exact) mass is 268 g/mol. The van der Waals surface area contributed by atoms with Crippen LogP contribution >= 0.6 is 11.8 Å². The largest absolute Gasteiger partial charge is 0.339 e. The fourth-order valence-electron chi connectivity index (χ4n) is 1.54. The number of halogens is 2. The van der Waals surface area contributed by atoms with Crippen LogP contribution in [-0.4, -0.2) is 10.1 Å². The van der Waals surface area contributed by atoms with E-state index in [2.05, 4.69) is 10.1 Å². The van der Waals surface area contributed by atoms with Crippen LogP contribution in [0.4, 0.5) is 8.78 Å². The van der Waals surface area contributed by atoms with E-state index in [0.29, 0.717) is 28.3 Å². The Balaban J connectivity index is 1.63. The van der Waals surface area contributed by atoms with Crippen molar-refractivity contribution < 1.29 is 13.3 Å². The maximum absolute atomic E-state index is 13.0. The van der Waals surface area contributed by atoms with Crippen LogP contribution in [0.1, 0.15) is 30.5 Å². The van der Waals surface area contributed by atoms with Gasteiger partial charge < -0.3 is 4.52 Å². The van der Waals surface area contributed by atoms with Crippen molar-refractivity contribution in [3.63, 3.8) is 0 Å². The fourth-order valence-corrected chi connectivity index (χ4v) is 2.30. The van der Waals surface area contributed by atoms with E-state index in [9.17, 15) is 8.78 Å². The van der Waals surface area contributed by atoms with Gasteiger partial charge in [-0.1, -0.05) is 5.16 Å². The Morgan fingerprint density at radius 1 is 1.28 bits per heavy atom. The summed E-state index contributed by atoms with van der Waals surface area (Å²) in [6.45, 7) is 0. The summed E-state index contributed by atoms with van der Waals surface area (Å²) in [4.78, 5) is 4.91. The van der Waals surface area contributed by atoms with Gasteiger partial charge in [-0.3, -0.25) is 0 Å². The van der Waals surface area contributed by atoms with E-state index < -0.39 is 11.6 Å². The average molecular weight is 268 g/mol. The molecule has 3 rings (SSSR count). The fraction of sp³-hybridized carbons (Fsp3) is 0.333. The predicted molar refractivity (Wildman–Crippen MR) is 62.2 cm³/mol. The average Bonchev–Trinajstić information content (AvgIpc) is 3.11. The minimum absolute atomic E-state index is 0.430. The molecule has 1 heterocycles. The molecule has 1 aliphatic carbocycles. The number of hydrogen-bond donors (Lipinski definition) is 0. The van der Waals surface area contributed by atoms with Crippen molar-refractivity contribution in [3.05, 3.63) is 41.5 Å². The molecule has 1 aliphatic rings. The first-order valence-corrected chi connectivity index (χ1v) is 6.61. The van der Waals surface area contributed by atoms with Crippen molar-refractivity contribution in [2.75, 3.05) is 0 Å². The Morgan fingerprint density at radius 2 is 2.11 bits per heavy atom. The normalized spacial score (nSPS) is 15.0. The molecule has 0 bridgehead atoms. The third-order valence-electron chi connectivity index (χ3n) is 2.67. The lowest BCUT2D eigenvalue weighted by Gasteiger charge is -1.99. The summed E-state index contributed by atoms with van der Waals surface area (Å²) in [5, 5.41) is 3.86. The van der Waals surface area contributed by atoms with Crippen molar-refractivity contribution in [2.24, 2.45) is 0 Å². The molecular weight excluding hydrogens is 258 g/mol. The maximum Gasteiger partial charge on any atom is 0.229 e. The molecule has 0 aliphatic heterocycles. The topological polar surface area (TPSA) is 38.9 Å². The third-order valence-corrected chi connectivity index (χ3v) is 3.66. The van der Waals surface area contributed by atoms with Crippen LogP contribution in [0, 0.1) is 11.6 Å². The number of rotatable bonds is 4. The summed E-state index contributed by atoms with van der Waals surface area (Å²) >= 11 is 1.35. The lowest BCUT2D eigenvalue weighted by Crippen LogP contribution is -1.87. The van der Waals surface area contributed by atoms with E-state index in [0.717, 1.165) is 18.9 Å². The summed E-state index contributed by atoms with van der Waals surface area (Å²) in [5.41, 5.74) is 0. The highest BCUT2D eigenvalue weighted by molar-refractivity contribution is 7.98. The quantitative estimate of drug-likeness (QED) is 0.795. The SMILES string of the molecule is Fc1ccc(SCc2noc(C3CC3)n2)cc1F. The molecule has 1 fully saturated rings. The van der Waals surface area contributed by atoms with Gasteiger partial charge in [0.25, 0.3) is 0 Å². The molecule has 0 radical (unpaired) electrons. The highest BCUT2D eigenvalue weighted by Crippen LogP contribution is 2.39. The Kier molecular flexibility index (Phi) is 3.03. The maximum atomic E-state index is 13.0. The first-order valence-electron chi connectivity index (χ1n) is 5.63. The van der Waals surface area contributed by atoms with Gasteiger partial charge in [0, 0.05) is 10.8 Å². The molecule has 0 N–H and O–H groups in total. The zero-order valence-electron chi connectivity index (χ0n) is 9.40. The standard InChI is InChI=1S/C12H10F2N2OS/c13-9-4-3-8(5-10(9)14)18-6-11-15-12(17-16-11)7-1-2-7/h3-5,7H,1-2,6H2. The zero-order chi connectivity index (χ0) is 12.5. The van der Waals surface area contributed by atoms with Crippen LogP contribution in [0.2, 0.25) is 0 Å². The van der Waals surface area contributed by atoms with E-state index in [1.165, 1.54) is 23.9 Å². The summed E-state index contributed by atoms with van der Waals surface area (Å²) in [6.07, 6.45) is 2.22. The lowest BCUT2D eigenvalue weighted by atomic mass is 10.3. The van der Waals surface area contributed by atoms with Crippen molar-refractivity contribution in [1.82, 2.24) is 10.1 Å². The minimum atomic E-state index is -0.841. The Hall–Kier alpha value is -1.43. The van der Waals surface area contributed by atoms with Gasteiger partial charge in [-0.25, -0.2) is 8.78 Å². The molecule has 0 spiro atoms. The van der Waals surface area contributed by atoms with E-state index in [4.69, 9.17) is 4.52 Å². The Morgan fingerprint density at radius 3 is 2.83 bits per heavy atom. The molecule has 1 saturated carbocycles. The van der Waals surface area contributed by atoms with Gasteiger partial charge in [0.15, 0.2) is 17.5 Å². The molecule has 18 heavy (non-hydrogen) atoms. The van der Waals surface area contributed by atoms with Crippen molar-refractivity contribution >= 4 is 11.8 Å². The summed E-state index contributed by atoms with van der Waals surface area (Å²) < 4.78 is 30.8. The number of benzene rings is 1. The molecule has 0 unspecified atom stereocenters. The Bertz CT molecular complexity index is 569. The van der Waals surface area contributed by atoms with Crippen LogP contribution in [0.3, 0.4) is 0 Å². The van der Waals surface area contributed by atoms with E-state index >= 15 is 0 Å². The van der Waals surface area contributed by atoms with Crippen LogP contribution in [0.5, 0.6) is 0 Å². The van der Waals surface area contributed by atoms with Crippen molar-refractivity contribution in [1.29, 1.82) is 0 Å². The van der Waals surface area contributed by atoms with E-state index in [-0.39, 0.29) is 0 Å². The predicted octanol–water partition coefficient (Wildman–Crippen LogP) is 3.52. The number of aromatic nitrogens is 2. The first-order chi connectivity index (χ1) is 8.72. The molecule has 0 atom stereocenters. The molecule has 3 nitrogen and oxygen atoms in total. The summed E-state index contributed by atoms with van der Waals surface area (Å²) in [6, 6.07) is 3.82. The second kappa shape index (κ2) is 4.68. The molecule has 0 saturated heterocycles. The van der Waals surface area contributed by atoms with Crippen molar-refractivity contribution in [2.45, 2.75) is 29.4 Å². The van der Waals surface area contributed by atoms with Gasteiger partial charge in [-0.05, 0) is 31.0 Å². The second-order valence-corrected chi connectivity index (χ2v) is 5.24. The van der Waals surface area contributed by atoms with Gasteiger partial charge in [-0.15, -0.1) is 11.8 Å². The first kappa shape index (κ1) is 11.6.